The van der Waals surface area contributed by atoms with Gasteiger partial charge in [-0.05, 0) is 11.6 Å². The number of hydrogen-bond acceptors (Lipinski definition) is 3. The predicted molar refractivity (Wildman–Crippen MR) is 43.7 cm³/mol. The summed E-state index contributed by atoms with van der Waals surface area (Å²) in [6.07, 6.45) is 0. The number of rotatable bonds is 3. The van der Waals surface area contributed by atoms with Crippen LogP contribution in [0.15, 0.2) is 18.2 Å². The second-order valence-corrected chi connectivity index (χ2v) is 2.44. The smallest absolute Gasteiger partial charge is 0.387 e. The Kier molecular flexibility index (Phi) is 3.37. The summed E-state index contributed by atoms with van der Waals surface area (Å²) in [6.45, 7) is -3.36. The lowest BCUT2D eigenvalue weighted by molar-refractivity contribution is -0.0501. The summed E-state index contributed by atoms with van der Waals surface area (Å²) in [6, 6.07) is 5.86. The average Bonchev–Trinajstić information content (AvgIpc) is 2.16. The van der Waals surface area contributed by atoms with Gasteiger partial charge in [0.05, 0.1) is 12.2 Å². The number of alkyl halides is 2. The third-order valence-electron chi connectivity index (χ3n) is 1.61. The number of nitriles is 1. The largest absolute Gasteiger partial charge is 0.433 e. The summed E-state index contributed by atoms with van der Waals surface area (Å²) in [4.78, 5) is 0. The molecular weight excluding hydrogens is 192 g/mol. The molecule has 0 aliphatic rings. The van der Waals surface area contributed by atoms with E-state index in [1.807, 2.05) is 0 Å². The average molecular weight is 199 g/mol. The summed E-state index contributed by atoms with van der Waals surface area (Å²) in [5, 5.41) is 17.5. The molecule has 0 atom stereocenters. The first-order valence-corrected chi connectivity index (χ1v) is 3.76. The third kappa shape index (κ3) is 2.18. The molecular formula is C9H7F2NO2. The Morgan fingerprint density at radius 1 is 1.50 bits per heavy atom. The van der Waals surface area contributed by atoms with Gasteiger partial charge in [-0.25, -0.2) is 0 Å². The molecule has 0 amide bonds. The quantitative estimate of drug-likeness (QED) is 0.805. The van der Waals surface area contributed by atoms with Crippen molar-refractivity contribution in [2.24, 2.45) is 0 Å². The molecule has 0 radical (unpaired) electrons. The Hall–Kier alpha value is -1.67. The number of nitrogens with zero attached hydrogens (tertiary/aromatic N) is 1. The number of ether oxygens (including phenoxy) is 1. The fourth-order valence-corrected chi connectivity index (χ4v) is 1.03. The summed E-state index contributed by atoms with van der Waals surface area (Å²) < 4.78 is 27.9. The summed E-state index contributed by atoms with van der Waals surface area (Å²) in [5.41, 5.74) is 0.209. The molecule has 0 saturated heterocycles. The highest BCUT2D eigenvalue weighted by molar-refractivity contribution is 5.48. The maximum absolute atomic E-state index is 11.9. The lowest BCUT2D eigenvalue weighted by Crippen LogP contribution is -2.04. The van der Waals surface area contributed by atoms with Crippen LogP contribution in [-0.2, 0) is 6.61 Å². The van der Waals surface area contributed by atoms with Crippen molar-refractivity contribution in [3.8, 4) is 11.8 Å². The van der Waals surface area contributed by atoms with Gasteiger partial charge in [-0.2, -0.15) is 14.0 Å². The second-order valence-electron chi connectivity index (χ2n) is 2.44. The number of benzene rings is 1. The Labute approximate surface area is 79.2 Å². The van der Waals surface area contributed by atoms with E-state index < -0.39 is 6.61 Å². The molecule has 5 heteroatoms. The van der Waals surface area contributed by atoms with Crippen molar-refractivity contribution in [3.63, 3.8) is 0 Å². The van der Waals surface area contributed by atoms with Crippen molar-refractivity contribution in [2.45, 2.75) is 13.2 Å². The van der Waals surface area contributed by atoms with Crippen LogP contribution in [0.25, 0.3) is 0 Å². The van der Waals surface area contributed by atoms with Crippen LogP contribution in [0.4, 0.5) is 8.78 Å². The van der Waals surface area contributed by atoms with Gasteiger partial charge in [-0.1, -0.05) is 12.1 Å². The van der Waals surface area contributed by atoms with Crippen molar-refractivity contribution in [1.82, 2.24) is 0 Å². The molecule has 0 bridgehead atoms. The van der Waals surface area contributed by atoms with Crippen molar-refractivity contribution in [3.05, 3.63) is 29.3 Å². The molecule has 0 aromatic heterocycles. The molecule has 0 unspecified atom stereocenters. The molecule has 0 spiro atoms. The van der Waals surface area contributed by atoms with Gasteiger partial charge in [0.2, 0.25) is 0 Å². The monoisotopic (exact) mass is 199 g/mol. The van der Waals surface area contributed by atoms with Gasteiger partial charge in [0.1, 0.15) is 11.8 Å². The Bertz CT molecular complexity index is 360. The first-order valence-electron chi connectivity index (χ1n) is 3.76. The van der Waals surface area contributed by atoms with E-state index in [9.17, 15) is 8.78 Å². The van der Waals surface area contributed by atoms with Gasteiger partial charge in [0.25, 0.3) is 0 Å². The standard InChI is InChI=1S/C9H7F2NO2/c10-9(11)14-8-3-1-2-6(5-13)7(8)4-12/h1-3,9,13H,5H2. The number of hydrogen-bond donors (Lipinski definition) is 1. The normalized spacial score (nSPS) is 9.93. The fourth-order valence-electron chi connectivity index (χ4n) is 1.03. The van der Waals surface area contributed by atoms with Crippen molar-refractivity contribution in [1.29, 1.82) is 5.26 Å². The van der Waals surface area contributed by atoms with E-state index in [1.165, 1.54) is 18.2 Å². The molecule has 0 heterocycles. The molecule has 1 N–H and O–H groups in total. The van der Waals surface area contributed by atoms with Gasteiger partial charge < -0.3 is 9.84 Å². The first kappa shape index (κ1) is 10.4. The Morgan fingerprint density at radius 3 is 2.71 bits per heavy atom. The molecule has 0 aliphatic carbocycles. The minimum Gasteiger partial charge on any atom is -0.433 e. The first-order chi connectivity index (χ1) is 6.69. The van der Waals surface area contributed by atoms with Crippen LogP contribution < -0.4 is 4.74 Å². The topological polar surface area (TPSA) is 53.2 Å². The highest BCUT2D eigenvalue weighted by Crippen LogP contribution is 2.23. The van der Waals surface area contributed by atoms with E-state index in [1.54, 1.807) is 6.07 Å². The van der Waals surface area contributed by atoms with E-state index in [4.69, 9.17) is 10.4 Å². The molecule has 1 aromatic rings. The minimum absolute atomic E-state index is 0.0599. The van der Waals surface area contributed by atoms with Gasteiger partial charge in [-0.15, -0.1) is 0 Å². The van der Waals surface area contributed by atoms with Crippen LogP contribution in [-0.4, -0.2) is 11.7 Å². The fraction of sp³-hybridized carbons (Fsp3) is 0.222. The Morgan fingerprint density at radius 2 is 2.21 bits per heavy atom. The Balaban J connectivity index is 3.10. The van der Waals surface area contributed by atoms with Crippen LogP contribution in [0.5, 0.6) is 5.75 Å². The van der Waals surface area contributed by atoms with E-state index in [2.05, 4.69) is 4.74 Å². The number of halogens is 2. The molecule has 0 fully saturated rings. The molecule has 1 rings (SSSR count). The van der Waals surface area contributed by atoms with E-state index in [0.717, 1.165) is 0 Å². The van der Waals surface area contributed by atoms with E-state index in [0.29, 0.717) is 0 Å². The summed E-state index contributed by atoms with van der Waals surface area (Å²) in [7, 11) is 0. The van der Waals surface area contributed by atoms with Crippen LogP contribution in [0, 0.1) is 11.3 Å². The molecule has 3 nitrogen and oxygen atoms in total. The number of aliphatic hydroxyl groups excluding tert-OH is 1. The maximum Gasteiger partial charge on any atom is 0.387 e. The highest BCUT2D eigenvalue weighted by Gasteiger charge is 2.12. The van der Waals surface area contributed by atoms with Gasteiger partial charge >= 0.3 is 6.61 Å². The van der Waals surface area contributed by atoms with Crippen molar-refractivity contribution < 1.29 is 18.6 Å². The molecule has 74 valence electrons. The molecule has 0 aliphatic heterocycles. The van der Waals surface area contributed by atoms with Gasteiger partial charge in [0.15, 0.2) is 0 Å². The summed E-state index contributed by atoms with van der Waals surface area (Å²) in [5.74, 6) is -0.214. The zero-order chi connectivity index (χ0) is 10.6. The lowest BCUT2D eigenvalue weighted by atomic mass is 10.1. The molecule has 14 heavy (non-hydrogen) atoms. The minimum atomic E-state index is -2.98. The van der Waals surface area contributed by atoms with Crippen LogP contribution in [0.3, 0.4) is 0 Å². The highest BCUT2D eigenvalue weighted by atomic mass is 19.3. The van der Waals surface area contributed by atoms with Crippen LogP contribution in [0.2, 0.25) is 0 Å². The maximum atomic E-state index is 11.9. The van der Waals surface area contributed by atoms with Gasteiger partial charge in [0, 0.05) is 0 Å². The van der Waals surface area contributed by atoms with Crippen LogP contribution >= 0.6 is 0 Å². The zero-order valence-electron chi connectivity index (χ0n) is 7.08. The molecule has 1 aromatic carbocycles. The van der Waals surface area contributed by atoms with E-state index in [-0.39, 0.29) is 23.5 Å². The lowest BCUT2D eigenvalue weighted by Gasteiger charge is -2.08. The predicted octanol–water partition coefficient (Wildman–Crippen LogP) is 1.65. The number of aliphatic hydroxyl groups is 1. The third-order valence-corrected chi connectivity index (χ3v) is 1.61. The second kappa shape index (κ2) is 4.53. The van der Waals surface area contributed by atoms with Gasteiger partial charge in [-0.3, -0.25) is 0 Å². The van der Waals surface area contributed by atoms with E-state index >= 15 is 0 Å². The van der Waals surface area contributed by atoms with Crippen molar-refractivity contribution >= 4 is 0 Å². The van der Waals surface area contributed by atoms with Crippen molar-refractivity contribution in [2.75, 3.05) is 0 Å². The van der Waals surface area contributed by atoms with Crippen LogP contribution in [0.1, 0.15) is 11.1 Å². The zero-order valence-corrected chi connectivity index (χ0v) is 7.08. The molecule has 0 saturated carbocycles. The SMILES string of the molecule is N#Cc1c(CO)cccc1OC(F)F. The summed E-state index contributed by atoms with van der Waals surface area (Å²) >= 11 is 0.